The Labute approximate surface area is 207 Å². The second-order valence-electron chi connectivity index (χ2n) is 8.36. The Balaban J connectivity index is 1.58. The normalized spacial score (nSPS) is 15.1. The molecule has 2 aromatic carbocycles. The van der Waals surface area contributed by atoms with Gasteiger partial charge in [-0.15, -0.1) is 0 Å². The van der Waals surface area contributed by atoms with Gasteiger partial charge in [0.2, 0.25) is 26.0 Å². The molecule has 0 spiro atoms. The molecule has 1 N–H and O–H groups in total. The maximum atomic E-state index is 12.7. The summed E-state index contributed by atoms with van der Waals surface area (Å²) in [7, 11) is -7.09. The highest BCUT2D eigenvalue weighted by atomic mass is 35.5. The number of anilines is 2. The Morgan fingerprint density at radius 1 is 1.03 bits per heavy atom. The zero-order valence-corrected chi connectivity index (χ0v) is 21.7. The van der Waals surface area contributed by atoms with E-state index in [1.807, 2.05) is 0 Å². The molecule has 1 fully saturated rings. The minimum Gasteiger partial charge on any atom is -0.326 e. The molecule has 0 saturated carbocycles. The molecule has 186 valence electrons. The number of amides is 1. The molecule has 0 atom stereocenters. The van der Waals surface area contributed by atoms with Crippen LogP contribution in [0.25, 0.3) is 0 Å². The largest absolute Gasteiger partial charge is 0.326 e. The van der Waals surface area contributed by atoms with Gasteiger partial charge in [-0.2, -0.15) is 4.31 Å². The fraction of sp³-hybridized carbons (Fsp3) is 0.435. The molecule has 1 heterocycles. The average molecular weight is 528 g/mol. The van der Waals surface area contributed by atoms with Gasteiger partial charge in [-0.3, -0.25) is 9.10 Å². The molecular formula is C23H30ClN3O5S2. The van der Waals surface area contributed by atoms with Crippen LogP contribution in [0.5, 0.6) is 0 Å². The minimum atomic E-state index is -3.56. The van der Waals surface area contributed by atoms with Crippen molar-refractivity contribution in [2.24, 2.45) is 0 Å². The first kappa shape index (κ1) is 26.5. The molecule has 3 rings (SSSR count). The highest BCUT2D eigenvalue weighted by Crippen LogP contribution is 2.28. The van der Waals surface area contributed by atoms with Crippen LogP contribution in [0.15, 0.2) is 47.4 Å². The van der Waals surface area contributed by atoms with E-state index in [-0.39, 0.29) is 23.8 Å². The molecule has 0 aliphatic carbocycles. The summed E-state index contributed by atoms with van der Waals surface area (Å²) in [4.78, 5) is 12.6. The van der Waals surface area contributed by atoms with Gasteiger partial charge in [0.15, 0.2) is 0 Å². The predicted molar refractivity (Wildman–Crippen MR) is 135 cm³/mol. The van der Waals surface area contributed by atoms with E-state index in [2.05, 4.69) is 5.32 Å². The number of benzene rings is 2. The monoisotopic (exact) mass is 527 g/mol. The highest BCUT2D eigenvalue weighted by molar-refractivity contribution is 7.92. The van der Waals surface area contributed by atoms with Gasteiger partial charge in [0.05, 0.1) is 16.8 Å². The summed E-state index contributed by atoms with van der Waals surface area (Å²) < 4.78 is 52.9. The Hall–Kier alpha value is -2.14. The zero-order chi connectivity index (χ0) is 24.9. The van der Waals surface area contributed by atoms with Crippen LogP contribution < -0.4 is 9.62 Å². The van der Waals surface area contributed by atoms with Crippen molar-refractivity contribution >= 4 is 48.9 Å². The van der Waals surface area contributed by atoms with Crippen molar-refractivity contribution in [2.75, 3.05) is 35.5 Å². The van der Waals surface area contributed by atoms with Crippen molar-refractivity contribution < 1.29 is 21.6 Å². The van der Waals surface area contributed by atoms with Crippen molar-refractivity contribution in [1.82, 2.24) is 4.31 Å². The van der Waals surface area contributed by atoms with Crippen LogP contribution in [0.2, 0.25) is 5.02 Å². The van der Waals surface area contributed by atoms with Gasteiger partial charge in [-0.05, 0) is 68.1 Å². The summed E-state index contributed by atoms with van der Waals surface area (Å²) in [5, 5.41) is 3.20. The Morgan fingerprint density at radius 2 is 1.68 bits per heavy atom. The third kappa shape index (κ3) is 6.50. The molecule has 0 bridgehead atoms. The van der Waals surface area contributed by atoms with E-state index < -0.39 is 20.0 Å². The van der Waals surface area contributed by atoms with Gasteiger partial charge in [0.25, 0.3) is 0 Å². The topological polar surface area (TPSA) is 104 Å². The Morgan fingerprint density at radius 3 is 2.29 bits per heavy atom. The molecule has 1 amide bonds. The van der Waals surface area contributed by atoms with Crippen molar-refractivity contribution in [3.63, 3.8) is 0 Å². The summed E-state index contributed by atoms with van der Waals surface area (Å²) in [5.74, 6) is -0.289. The van der Waals surface area contributed by atoms with Crippen LogP contribution in [0.3, 0.4) is 0 Å². The predicted octanol–water partition coefficient (Wildman–Crippen LogP) is 4.01. The van der Waals surface area contributed by atoms with E-state index in [4.69, 9.17) is 11.6 Å². The lowest BCUT2D eigenvalue weighted by Crippen LogP contribution is -2.35. The third-order valence-electron chi connectivity index (χ3n) is 5.76. The van der Waals surface area contributed by atoms with Crippen molar-refractivity contribution in [3.8, 4) is 0 Å². The maximum absolute atomic E-state index is 12.7. The third-order valence-corrected chi connectivity index (χ3v) is 9.27. The molecule has 0 radical (unpaired) electrons. The molecule has 1 aliphatic rings. The summed E-state index contributed by atoms with van der Waals surface area (Å²) in [6, 6.07) is 11.2. The van der Waals surface area contributed by atoms with Crippen LogP contribution >= 0.6 is 11.6 Å². The molecule has 11 heteroatoms. The first-order valence-electron chi connectivity index (χ1n) is 11.1. The van der Waals surface area contributed by atoms with Crippen LogP contribution in [-0.4, -0.2) is 52.9 Å². The van der Waals surface area contributed by atoms with E-state index in [0.717, 1.165) is 25.5 Å². The zero-order valence-electron chi connectivity index (χ0n) is 19.3. The number of carbonyl (C=O) groups is 1. The fourth-order valence-electron chi connectivity index (χ4n) is 3.90. The van der Waals surface area contributed by atoms with Gasteiger partial charge < -0.3 is 5.32 Å². The molecular weight excluding hydrogens is 498 g/mol. The van der Waals surface area contributed by atoms with E-state index in [0.29, 0.717) is 41.5 Å². The Bertz CT molecular complexity index is 1230. The maximum Gasteiger partial charge on any atom is 0.243 e. The standard InChI is InChI=1S/C23H30ClN3O5S2/c1-18-21(24)8-6-9-22(18)27(33(2,29)30)17-7-10-23(28)25-19-11-13-20(14-12-19)34(31,32)26-15-4-3-5-16-26/h6,8-9,11-14H,3-5,7,10,15-17H2,1-2H3,(H,25,28). The number of hydrogen-bond acceptors (Lipinski definition) is 5. The Kier molecular flexibility index (Phi) is 8.62. The van der Waals surface area contributed by atoms with E-state index >= 15 is 0 Å². The van der Waals surface area contributed by atoms with E-state index in [9.17, 15) is 21.6 Å². The number of hydrogen-bond donors (Lipinski definition) is 1. The lowest BCUT2D eigenvalue weighted by atomic mass is 10.2. The van der Waals surface area contributed by atoms with Gasteiger partial charge in [-0.25, -0.2) is 16.8 Å². The van der Waals surface area contributed by atoms with Crippen LogP contribution in [0.4, 0.5) is 11.4 Å². The second-order valence-corrected chi connectivity index (χ2v) is 12.6. The summed E-state index contributed by atoms with van der Waals surface area (Å²) in [6.07, 6.45) is 4.28. The number of nitrogens with one attached hydrogen (secondary N) is 1. The smallest absolute Gasteiger partial charge is 0.243 e. The SMILES string of the molecule is Cc1c(Cl)cccc1N(CCCC(=O)Nc1ccc(S(=O)(=O)N2CCCCC2)cc1)S(C)(=O)=O. The molecule has 34 heavy (non-hydrogen) atoms. The van der Waals surface area contributed by atoms with Gasteiger partial charge in [-0.1, -0.05) is 24.1 Å². The fourth-order valence-corrected chi connectivity index (χ4v) is 6.60. The first-order valence-corrected chi connectivity index (χ1v) is 14.8. The van der Waals surface area contributed by atoms with E-state index in [1.165, 1.54) is 20.7 Å². The summed E-state index contributed by atoms with van der Waals surface area (Å²) in [5.41, 5.74) is 1.62. The van der Waals surface area contributed by atoms with Crippen molar-refractivity contribution in [3.05, 3.63) is 53.1 Å². The minimum absolute atomic E-state index is 0.0967. The number of nitrogens with zero attached hydrogens (tertiary/aromatic N) is 2. The lowest BCUT2D eigenvalue weighted by molar-refractivity contribution is -0.116. The number of piperidine rings is 1. The highest BCUT2D eigenvalue weighted by Gasteiger charge is 2.26. The molecule has 8 nitrogen and oxygen atoms in total. The van der Waals surface area contributed by atoms with Crippen LogP contribution in [0, 0.1) is 6.92 Å². The van der Waals surface area contributed by atoms with E-state index in [1.54, 1.807) is 37.3 Å². The first-order chi connectivity index (χ1) is 16.0. The molecule has 0 aromatic heterocycles. The second kappa shape index (κ2) is 11.1. The molecule has 0 unspecified atom stereocenters. The number of sulfonamides is 2. The molecule has 1 saturated heterocycles. The quantitative estimate of drug-likeness (QED) is 0.530. The van der Waals surface area contributed by atoms with Crippen molar-refractivity contribution in [1.29, 1.82) is 0 Å². The molecule has 2 aromatic rings. The van der Waals surface area contributed by atoms with Crippen LogP contribution in [0.1, 0.15) is 37.7 Å². The summed E-state index contributed by atoms with van der Waals surface area (Å²) >= 11 is 6.14. The van der Waals surface area contributed by atoms with Gasteiger partial charge >= 0.3 is 0 Å². The van der Waals surface area contributed by atoms with Crippen LogP contribution in [-0.2, 0) is 24.8 Å². The lowest BCUT2D eigenvalue weighted by Gasteiger charge is -2.25. The number of carbonyl (C=O) groups excluding carboxylic acids is 1. The summed E-state index contributed by atoms with van der Waals surface area (Å²) in [6.45, 7) is 2.93. The number of rotatable bonds is 9. The van der Waals surface area contributed by atoms with Crippen molar-refractivity contribution in [2.45, 2.75) is 43.9 Å². The van der Waals surface area contributed by atoms with Gasteiger partial charge in [0.1, 0.15) is 0 Å². The average Bonchev–Trinajstić information content (AvgIpc) is 2.79. The number of halogens is 1. The van der Waals surface area contributed by atoms with Gasteiger partial charge in [0, 0.05) is 36.8 Å². The molecule has 1 aliphatic heterocycles.